The van der Waals surface area contributed by atoms with E-state index >= 15 is 0 Å². The van der Waals surface area contributed by atoms with Gasteiger partial charge in [0.15, 0.2) is 0 Å². The van der Waals surface area contributed by atoms with Crippen molar-refractivity contribution in [2.75, 3.05) is 13.1 Å². The van der Waals surface area contributed by atoms with Crippen molar-refractivity contribution >= 4 is 29.1 Å². The Balaban J connectivity index is 1.64. The van der Waals surface area contributed by atoms with Gasteiger partial charge in [-0.05, 0) is 36.7 Å². The van der Waals surface area contributed by atoms with Gasteiger partial charge in [-0.1, -0.05) is 59.8 Å². The summed E-state index contributed by atoms with van der Waals surface area (Å²) in [6.07, 6.45) is 7.61. The molecule has 2 aliphatic rings. The Morgan fingerprint density at radius 2 is 2.00 bits per heavy atom. The van der Waals surface area contributed by atoms with Crippen LogP contribution in [0.1, 0.15) is 77.8 Å². The first-order valence-corrected chi connectivity index (χ1v) is 14.4. The van der Waals surface area contributed by atoms with Crippen molar-refractivity contribution in [1.82, 2.24) is 20.5 Å². The van der Waals surface area contributed by atoms with Crippen molar-refractivity contribution in [3.05, 3.63) is 39.9 Å². The molecule has 8 nitrogen and oxygen atoms in total. The minimum Gasteiger partial charge on any atom is -0.391 e. The third-order valence-corrected chi connectivity index (χ3v) is 8.62. The van der Waals surface area contributed by atoms with Crippen LogP contribution in [0.25, 0.3) is 0 Å². The molecule has 9 heteroatoms. The smallest absolute Gasteiger partial charge is 0.246 e. The highest BCUT2D eigenvalue weighted by atomic mass is 32.1. The second-order valence-electron chi connectivity index (χ2n) is 12.4. The molecule has 0 bridgehead atoms. The molecule has 2 heterocycles. The van der Waals surface area contributed by atoms with Gasteiger partial charge in [0.1, 0.15) is 12.1 Å². The number of aromatic nitrogens is 1. The Kier molecular flexibility index (Phi) is 9.57. The molecule has 3 rings (SSSR count). The Labute approximate surface area is 231 Å². The van der Waals surface area contributed by atoms with Crippen molar-refractivity contribution < 1.29 is 19.5 Å². The fraction of sp³-hybridized carbons (Fsp3) is 0.655. The normalized spacial score (nSPS) is 24.3. The van der Waals surface area contributed by atoms with Gasteiger partial charge in [0.05, 0.1) is 17.3 Å². The number of amides is 3. The SMILES string of the molecule is Cc1ncsc1C1(C)C=CC(CNC(=O)[C@@H]2C[C@@H](O)CN2C(=O)[C@@H](NC(=O)CCC(C)C)C(C)(C)C)=CC1. The van der Waals surface area contributed by atoms with Gasteiger partial charge in [-0.25, -0.2) is 4.98 Å². The molecule has 0 radical (unpaired) electrons. The van der Waals surface area contributed by atoms with E-state index in [-0.39, 0.29) is 36.1 Å². The van der Waals surface area contributed by atoms with Crippen LogP contribution in [-0.4, -0.2) is 64.0 Å². The molecule has 1 aliphatic carbocycles. The third kappa shape index (κ3) is 7.32. The van der Waals surface area contributed by atoms with Crippen LogP contribution in [-0.2, 0) is 19.8 Å². The topological polar surface area (TPSA) is 112 Å². The molecule has 0 aromatic carbocycles. The minimum absolute atomic E-state index is 0.0700. The maximum atomic E-state index is 13.6. The van der Waals surface area contributed by atoms with Crippen LogP contribution in [0.3, 0.4) is 0 Å². The minimum atomic E-state index is -0.792. The summed E-state index contributed by atoms with van der Waals surface area (Å²) < 4.78 is 0. The number of carbonyl (C=O) groups is 3. The van der Waals surface area contributed by atoms with Crippen LogP contribution in [0.5, 0.6) is 0 Å². The third-order valence-electron chi connectivity index (χ3n) is 7.42. The number of hydrogen-bond acceptors (Lipinski definition) is 6. The molecule has 1 aromatic heterocycles. The molecule has 1 unspecified atom stereocenters. The van der Waals surface area contributed by atoms with Crippen molar-refractivity contribution in [2.24, 2.45) is 11.3 Å². The number of carbonyl (C=O) groups excluding carboxylic acids is 3. The zero-order valence-electron chi connectivity index (χ0n) is 23.8. The predicted molar refractivity (Wildman–Crippen MR) is 151 cm³/mol. The van der Waals surface area contributed by atoms with Crippen molar-refractivity contribution in [2.45, 2.75) is 97.8 Å². The summed E-state index contributed by atoms with van der Waals surface area (Å²) in [7, 11) is 0. The van der Waals surface area contributed by atoms with E-state index < -0.39 is 23.6 Å². The average molecular weight is 545 g/mol. The van der Waals surface area contributed by atoms with E-state index in [0.29, 0.717) is 18.9 Å². The number of aliphatic hydroxyl groups excluding tert-OH is 1. The number of hydrogen-bond donors (Lipinski definition) is 3. The van der Waals surface area contributed by atoms with E-state index in [1.165, 1.54) is 9.78 Å². The summed E-state index contributed by atoms with van der Waals surface area (Å²) in [5.74, 6) is -0.426. The monoisotopic (exact) mass is 544 g/mol. The highest BCUT2D eigenvalue weighted by Gasteiger charge is 2.44. The van der Waals surface area contributed by atoms with Crippen LogP contribution in [0.4, 0.5) is 0 Å². The zero-order valence-corrected chi connectivity index (χ0v) is 24.7. The van der Waals surface area contributed by atoms with Gasteiger partial charge in [0, 0.05) is 36.2 Å². The number of β-amino-alcohol motifs (C(OH)–C–C–N with tert-alkyl or cyclic N) is 1. The second kappa shape index (κ2) is 12.1. The number of nitrogens with one attached hydrogen (secondary N) is 2. The molecule has 3 N–H and O–H groups in total. The van der Waals surface area contributed by atoms with Crippen LogP contribution >= 0.6 is 11.3 Å². The lowest BCUT2D eigenvalue weighted by atomic mass is 9.80. The summed E-state index contributed by atoms with van der Waals surface area (Å²) in [5.41, 5.74) is 3.24. The van der Waals surface area contributed by atoms with E-state index in [1.54, 1.807) is 11.3 Å². The molecular formula is C29H44N4O4S. The number of aliphatic hydroxyl groups is 1. The lowest BCUT2D eigenvalue weighted by molar-refractivity contribution is -0.144. The molecule has 1 saturated heterocycles. The molecule has 210 valence electrons. The summed E-state index contributed by atoms with van der Waals surface area (Å²) >= 11 is 1.66. The van der Waals surface area contributed by atoms with Crippen LogP contribution in [0.15, 0.2) is 29.3 Å². The Morgan fingerprint density at radius 3 is 2.55 bits per heavy atom. The molecule has 4 atom stereocenters. The van der Waals surface area contributed by atoms with Crippen LogP contribution < -0.4 is 10.6 Å². The maximum Gasteiger partial charge on any atom is 0.246 e. The number of aryl methyl sites for hydroxylation is 1. The number of likely N-dealkylation sites (tertiary alicyclic amines) is 1. The van der Waals surface area contributed by atoms with E-state index in [0.717, 1.165) is 24.1 Å². The molecule has 1 fully saturated rings. The maximum absolute atomic E-state index is 13.6. The first kappa shape index (κ1) is 30.0. The molecule has 0 saturated carbocycles. The molecular weight excluding hydrogens is 500 g/mol. The number of thiazole rings is 1. The van der Waals surface area contributed by atoms with Gasteiger partial charge >= 0.3 is 0 Å². The standard InChI is InChI=1S/C29H44N4O4S/c1-18(2)8-9-23(35)32-24(28(4,5)6)27(37)33-16-21(34)14-22(33)26(36)30-15-20-10-12-29(7,13-11-20)25-19(3)31-17-38-25/h10-12,17-18,21-22,24,34H,8-9,13-16H2,1-7H3,(H,30,36)(H,32,35)/t21-,22+,24-,29?/m1/s1. The number of rotatable bonds is 9. The molecule has 1 aliphatic heterocycles. The van der Waals surface area contributed by atoms with Gasteiger partial charge in [-0.3, -0.25) is 14.4 Å². The van der Waals surface area contributed by atoms with Gasteiger partial charge in [0.25, 0.3) is 0 Å². The fourth-order valence-electron chi connectivity index (χ4n) is 5.00. The summed E-state index contributed by atoms with van der Waals surface area (Å²) in [6, 6.07) is -1.58. The summed E-state index contributed by atoms with van der Waals surface area (Å²) in [6.45, 7) is 14.4. The predicted octanol–water partition coefficient (Wildman–Crippen LogP) is 3.64. The first-order valence-electron chi connectivity index (χ1n) is 13.6. The van der Waals surface area contributed by atoms with Gasteiger partial charge in [-0.2, -0.15) is 0 Å². The largest absolute Gasteiger partial charge is 0.391 e. The quantitative estimate of drug-likeness (QED) is 0.440. The second-order valence-corrected chi connectivity index (χ2v) is 13.3. The van der Waals surface area contributed by atoms with E-state index in [4.69, 9.17) is 0 Å². The van der Waals surface area contributed by atoms with Crippen molar-refractivity contribution in [3.63, 3.8) is 0 Å². The van der Waals surface area contributed by atoms with Gasteiger partial charge in [0.2, 0.25) is 17.7 Å². The zero-order chi connectivity index (χ0) is 28.3. The van der Waals surface area contributed by atoms with E-state index in [9.17, 15) is 19.5 Å². The molecule has 1 aromatic rings. The molecule has 0 spiro atoms. The lowest BCUT2D eigenvalue weighted by Crippen LogP contribution is -2.57. The summed E-state index contributed by atoms with van der Waals surface area (Å²) in [5, 5.41) is 16.2. The number of nitrogens with zero attached hydrogens (tertiary/aromatic N) is 2. The first-order chi connectivity index (χ1) is 17.7. The highest BCUT2D eigenvalue weighted by molar-refractivity contribution is 7.10. The van der Waals surface area contributed by atoms with Gasteiger partial charge in [-0.15, -0.1) is 11.3 Å². The Bertz CT molecular complexity index is 1090. The summed E-state index contributed by atoms with van der Waals surface area (Å²) in [4.78, 5) is 46.5. The Hall–Kier alpha value is -2.52. The Morgan fingerprint density at radius 1 is 1.29 bits per heavy atom. The highest BCUT2D eigenvalue weighted by Crippen LogP contribution is 2.37. The van der Waals surface area contributed by atoms with Crippen LogP contribution in [0.2, 0.25) is 0 Å². The lowest BCUT2D eigenvalue weighted by Gasteiger charge is -2.35. The molecule has 38 heavy (non-hydrogen) atoms. The van der Waals surface area contributed by atoms with E-state index in [2.05, 4.69) is 48.5 Å². The fourth-order valence-corrected chi connectivity index (χ4v) is 5.96. The van der Waals surface area contributed by atoms with Crippen molar-refractivity contribution in [1.29, 1.82) is 0 Å². The molecule has 3 amide bonds. The van der Waals surface area contributed by atoms with E-state index in [1.807, 2.05) is 39.3 Å². The van der Waals surface area contributed by atoms with Gasteiger partial charge < -0.3 is 20.6 Å². The van der Waals surface area contributed by atoms with Crippen LogP contribution in [0, 0.1) is 18.3 Å². The number of allylic oxidation sites excluding steroid dienone is 2. The van der Waals surface area contributed by atoms with Crippen molar-refractivity contribution in [3.8, 4) is 0 Å². The average Bonchev–Trinajstić information content (AvgIpc) is 3.45.